The van der Waals surface area contributed by atoms with E-state index in [0.29, 0.717) is 12.0 Å². The van der Waals surface area contributed by atoms with Crippen molar-refractivity contribution < 1.29 is 9.53 Å². The van der Waals surface area contributed by atoms with E-state index >= 15 is 0 Å². The van der Waals surface area contributed by atoms with Crippen molar-refractivity contribution in [3.8, 4) is 5.75 Å². The summed E-state index contributed by atoms with van der Waals surface area (Å²) in [6.45, 7) is 9.12. The van der Waals surface area contributed by atoms with Gasteiger partial charge in [0.25, 0.3) is 0 Å². The molecule has 2 saturated heterocycles. The van der Waals surface area contributed by atoms with E-state index in [2.05, 4.69) is 53.6 Å². The van der Waals surface area contributed by atoms with Crippen molar-refractivity contribution in [1.82, 2.24) is 15.5 Å². The van der Waals surface area contributed by atoms with Crippen LogP contribution in [0.3, 0.4) is 0 Å². The van der Waals surface area contributed by atoms with Crippen molar-refractivity contribution in [1.29, 1.82) is 0 Å². The molecule has 3 atom stereocenters. The summed E-state index contributed by atoms with van der Waals surface area (Å²) in [4.78, 5) is 14.6. The molecule has 156 valence electrons. The highest BCUT2D eigenvalue weighted by Gasteiger charge is 2.25. The standard InChI is InChI=1S/C22H36N4O2/c1-16(2)13-21(23)22(27)25-18-9-12-26(15-18)11-8-17-3-5-19(6-4-17)28-20-7-10-24-14-20/h3-6,16,18,20-21,24H,7-15,23H2,1-2H3,(H,25,27)/t18-,20-,21-/m0/s1. The van der Waals surface area contributed by atoms with Gasteiger partial charge in [0, 0.05) is 32.2 Å². The number of likely N-dealkylation sites (tertiary alicyclic amines) is 1. The number of nitrogens with two attached hydrogens (primary N) is 1. The average molecular weight is 389 g/mol. The van der Waals surface area contributed by atoms with Crippen LogP contribution in [-0.2, 0) is 11.2 Å². The lowest BCUT2D eigenvalue weighted by Crippen LogP contribution is -2.46. The van der Waals surface area contributed by atoms with Gasteiger partial charge >= 0.3 is 0 Å². The van der Waals surface area contributed by atoms with Crippen LogP contribution in [0.1, 0.15) is 38.7 Å². The largest absolute Gasteiger partial charge is 0.489 e. The zero-order valence-electron chi connectivity index (χ0n) is 17.3. The molecule has 28 heavy (non-hydrogen) atoms. The number of hydrogen-bond donors (Lipinski definition) is 3. The number of amides is 1. The van der Waals surface area contributed by atoms with Crippen LogP contribution < -0.4 is 21.1 Å². The normalized spacial score (nSPS) is 23.9. The Morgan fingerprint density at radius 1 is 1.32 bits per heavy atom. The minimum absolute atomic E-state index is 0.00592. The van der Waals surface area contributed by atoms with Crippen molar-refractivity contribution in [2.75, 3.05) is 32.7 Å². The summed E-state index contributed by atoms with van der Waals surface area (Å²) in [5.41, 5.74) is 7.31. The quantitative estimate of drug-likeness (QED) is 0.598. The molecule has 2 aliphatic heterocycles. The third-order valence-electron chi connectivity index (χ3n) is 5.64. The third-order valence-corrected chi connectivity index (χ3v) is 5.64. The Balaban J connectivity index is 1.36. The van der Waals surface area contributed by atoms with Crippen LogP contribution in [0.2, 0.25) is 0 Å². The Labute approximate surface area is 169 Å². The first-order chi connectivity index (χ1) is 13.5. The fraction of sp³-hybridized carbons (Fsp3) is 0.682. The zero-order valence-corrected chi connectivity index (χ0v) is 17.3. The Hall–Kier alpha value is -1.63. The van der Waals surface area contributed by atoms with Crippen LogP contribution in [0.25, 0.3) is 0 Å². The molecule has 4 N–H and O–H groups in total. The van der Waals surface area contributed by atoms with E-state index in [0.717, 1.165) is 64.2 Å². The van der Waals surface area contributed by atoms with Crippen molar-refractivity contribution in [2.45, 2.75) is 57.7 Å². The molecule has 2 fully saturated rings. The number of benzene rings is 1. The van der Waals surface area contributed by atoms with Crippen LogP contribution in [0.15, 0.2) is 24.3 Å². The summed E-state index contributed by atoms with van der Waals surface area (Å²) in [6, 6.07) is 8.32. The van der Waals surface area contributed by atoms with Gasteiger partial charge in [-0.3, -0.25) is 4.79 Å². The molecule has 2 heterocycles. The van der Waals surface area contributed by atoms with Crippen LogP contribution in [-0.4, -0.2) is 61.7 Å². The number of ether oxygens (including phenoxy) is 1. The molecule has 0 saturated carbocycles. The van der Waals surface area contributed by atoms with Crippen LogP contribution in [0.5, 0.6) is 5.75 Å². The van der Waals surface area contributed by atoms with E-state index in [4.69, 9.17) is 10.5 Å². The van der Waals surface area contributed by atoms with Crippen molar-refractivity contribution in [3.05, 3.63) is 29.8 Å². The van der Waals surface area contributed by atoms with E-state index in [9.17, 15) is 4.79 Å². The summed E-state index contributed by atoms with van der Waals surface area (Å²) in [6.07, 6.45) is 4.13. The van der Waals surface area contributed by atoms with Gasteiger partial charge in [-0.05, 0) is 55.8 Å². The van der Waals surface area contributed by atoms with Crippen molar-refractivity contribution in [2.24, 2.45) is 11.7 Å². The maximum Gasteiger partial charge on any atom is 0.237 e. The molecule has 0 unspecified atom stereocenters. The van der Waals surface area contributed by atoms with Gasteiger partial charge in [-0.2, -0.15) is 0 Å². The van der Waals surface area contributed by atoms with Gasteiger partial charge in [0.2, 0.25) is 5.91 Å². The third kappa shape index (κ3) is 6.47. The van der Waals surface area contributed by atoms with Gasteiger partial charge in [-0.25, -0.2) is 0 Å². The van der Waals surface area contributed by atoms with Crippen molar-refractivity contribution >= 4 is 5.91 Å². The molecule has 0 bridgehead atoms. The molecular formula is C22H36N4O2. The fourth-order valence-electron chi connectivity index (χ4n) is 4.02. The Morgan fingerprint density at radius 3 is 2.79 bits per heavy atom. The molecular weight excluding hydrogens is 352 g/mol. The summed E-state index contributed by atoms with van der Waals surface area (Å²) in [5.74, 6) is 1.39. The highest BCUT2D eigenvalue weighted by Crippen LogP contribution is 2.17. The molecule has 1 aromatic rings. The summed E-state index contributed by atoms with van der Waals surface area (Å²) in [7, 11) is 0. The Kier molecular flexibility index (Phi) is 7.71. The first kappa shape index (κ1) is 21.1. The van der Waals surface area contributed by atoms with Crippen LogP contribution in [0.4, 0.5) is 0 Å². The first-order valence-electron chi connectivity index (χ1n) is 10.7. The molecule has 1 aromatic carbocycles. The fourth-order valence-corrected chi connectivity index (χ4v) is 4.02. The van der Waals surface area contributed by atoms with Crippen molar-refractivity contribution in [3.63, 3.8) is 0 Å². The van der Waals surface area contributed by atoms with Gasteiger partial charge in [-0.1, -0.05) is 26.0 Å². The second-order valence-corrected chi connectivity index (χ2v) is 8.66. The minimum Gasteiger partial charge on any atom is -0.489 e. The highest BCUT2D eigenvalue weighted by molar-refractivity contribution is 5.81. The number of nitrogens with one attached hydrogen (secondary N) is 2. The topological polar surface area (TPSA) is 79.6 Å². The maximum atomic E-state index is 12.2. The highest BCUT2D eigenvalue weighted by atomic mass is 16.5. The second-order valence-electron chi connectivity index (χ2n) is 8.66. The van der Waals surface area contributed by atoms with Crippen LogP contribution >= 0.6 is 0 Å². The lowest BCUT2D eigenvalue weighted by atomic mass is 10.0. The number of carbonyl (C=O) groups is 1. The SMILES string of the molecule is CC(C)C[C@H](N)C(=O)N[C@H]1CCN(CCc2ccc(O[C@H]3CCNC3)cc2)C1. The number of nitrogens with zero attached hydrogens (tertiary/aromatic N) is 1. The Morgan fingerprint density at radius 2 is 2.11 bits per heavy atom. The number of rotatable bonds is 9. The predicted octanol–water partition coefficient (Wildman–Crippen LogP) is 1.53. The molecule has 0 radical (unpaired) electrons. The molecule has 0 spiro atoms. The Bertz CT molecular complexity index is 613. The minimum atomic E-state index is -0.394. The molecule has 0 aliphatic carbocycles. The lowest BCUT2D eigenvalue weighted by molar-refractivity contribution is -0.123. The van der Waals surface area contributed by atoms with E-state index in [1.54, 1.807) is 0 Å². The van der Waals surface area contributed by atoms with Gasteiger partial charge in [0.05, 0.1) is 6.04 Å². The molecule has 0 aromatic heterocycles. The van der Waals surface area contributed by atoms with Gasteiger partial charge in [-0.15, -0.1) is 0 Å². The molecule has 6 heteroatoms. The summed E-state index contributed by atoms with van der Waals surface area (Å²) in [5, 5.41) is 6.45. The molecule has 1 amide bonds. The van der Waals surface area contributed by atoms with Gasteiger partial charge < -0.3 is 26.0 Å². The van der Waals surface area contributed by atoms with E-state index in [1.807, 2.05) is 0 Å². The monoisotopic (exact) mass is 388 g/mol. The van der Waals surface area contributed by atoms with Crippen LogP contribution in [0, 0.1) is 5.92 Å². The van der Waals surface area contributed by atoms with Gasteiger partial charge in [0.1, 0.15) is 11.9 Å². The number of carbonyl (C=O) groups excluding carboxylic acids is 1. The second kappa shape index (κ2) is 10.2. The lowest BCUT2D eigenvalue weighted by Gasteiger charge is -2.19. The predicted molar refractivity (Wildman–Crippen MR) is 112 cm³/mol. The smallest absolute Gasteiger partial charge is 0.237 e. The average Bonchev–Trinajstić information content (AvgIpc) is 3.32. The maximum absolute atomic E-state index is 12.2. The molecule has 2 aliphatic rings. The summed E-state index contributed by atoms with van der Waals surface area (Å²) < 4.78 is 5.98. The zero-order chi connectivity index (χ0) is 19.9. The van der Waals surface area contributed by atoms with Gasteiger partial charge in [0.15, 0.2) is 0 Å². The first-order valence-corrected chi connectivity index (χ1v) is 10.7. The number of hydrogen-bond acceptors (Lipinski definition) is 5. The van der Waals surface area contributed by atoms with E-state index in [1.165, 1.54) is 5.56 Å². The van der Waals surface area contributed by atoms with E-state index < -0.39 is 6.04 Å². The van der Waals surface area contributed by atoms with E-state index in [-0.39, 0.29) is 11.9 Å². The summed E-state index contributed by atoms with van der Waals surface area (Å²) >= 11 is 0. The molecule has 3 rings (SSSR count). The molecule has 6 nitrogen and oxygen atoms in total.